The van der Waals surface area contributed by atoms with Gasteiger partial charge < -0.3 is 5.73 Å². The van der Waals surface area contributed by atoms with Gasteiger partial charge in [-0.05, 0) is 31.5 Å². The maximum atomic E-state index is 5.73. The lowest BCUT2D eigenvalue weighted by Gasteiger charge is -2.22. The molecule has 1 aliphatic heterocycles. The van der Waals surface area contributed by atoms with E-state index in [1.54, 1.807) is 0 Å². The highest BCUT2D eigenvalue weighted by molar-refractivity contribution is 7.80. The fraction of sp³-hybridized carbons (Fsp3) is 0.500. The van der Waals surface area contributed by atoms with Gasteiger partial charge in [0.05, 0.1) is 11.0 Å². The Kier molecular flexibility index (Phi) is 3.85. The summed E-state index contributed by atoms with van der Waals surface area (Å²) in [5.74, 6) is 0. The molecule has 1 saturated heterocycles. The van der Waals surface area contributed by atoms with Crippen LogP contribution < -0.4 is 5.73 Å². The van der Waals surface area contributed by atoms with Crippen molar-refractivity contribution in [3.05, 3.63) is 30.1 Å². The summed E-state index contributed by atoms with van der Waals surface area (Å²) in [6.07, 6.45) is 5.12. The Morgan fingerprint density at radius 3 is 3.12 bits per heavy atom. The van der Waals surface area contributed by atoms with Crippen molar-refractivity contribution in [2.75, 3.05) is 13.1 Å². The molecule has 86 valence electrons. The number of aromatic nitrogens is 1. The summed E-state index contributed by atoms with van der Waals surface area (Å²) in [5.41, 5.74) is 6.87. The molecule has 1 aliphatic rings. The second kappa shape index (κ2) is 5.37. The zero-order valence-electron chi connectivity index (χ0n) is 9.30. The standard InChI is InChI=1S/C12H17N3S/c13-12(16)11-5-3-8-15(11)9-6-10-4-1-2-7-14-10/h1-2,4,7,11H,3,5-6,8-9H2,(H2,13,16). The number of hydrogen-bond donors (Lipinski definition) is 1. The first kappa shape index (κ1) is 11.5. The van der Waals surface area contributed by atoms with Crippen LogP contribution in [0.3, 0.4) is 0 Å². The minimum atomic E-state index is 0.304. The largest absolute Gasteiger partial charge is 0.392 e. The highest BCUT2D eigenvalue weighted by Gasteiger charge is 2.25. The van der Waals surface area contributed by atoms with Crippen LogP contribution in [0.15, 0.2) is 24.4 Å². The van der Waals surface area contributed by atoms with Crippen LogP contribution in [-0.2, 0) is 6.42 Å². The van der Waals surface area contributed by atoms with Gasteiger partial charge in [-0.2, -0.15) is 0 Å². The van der Waals surface area contributed by atoms with Crippen molar-refractivity contribution in [3.8, 4) is 0 Å². The van der Waals surface area contributed by atoms with Crippen molar-refractivity contribution in [3.63, 3.8) is 0 Å². The van der Waals surface area contributed by atoms with Crippen LogP contribution in [-0.4, -0.2) is 34.0 Å². The van der Waals surface area contributed by atoms with E-state index >= 15 is 0 Å². The molecule has 2 rings (SSSR count). The Morgan fingerprint density at radius 2 is 2.44 bits per heavy atom. The average molecular weight is 235 g/mol. The molecule has 0 bridgehead atoms. The van der Waals surface area contributed by atoms with Gasteiger partial charge in [0, 0.05) is 24.9 Å². The highest BCUT2D eigenvalue weighted by atomic mass is 32.1. The molecule has 1 aromatic rings. The third-order valence-corrected chi connectivity index (χ3v) is 3.35. The topological polar surface area (TPSA) is 42.1 Å². The Balaban J connectivity index is 1.88. The molecule has 1 fully saturated rings. The van der Waals surface area contributed by atoms with Crippen molar-refractivity contribution in [2.24, 2.45) is 5.73 Å². The minimum absolute atomic E-state index is 0.304. The first-order valence-corrected chi connectivity index (χ1v) is 6.11. The molecule has 0 amide bonds. The lowest BCUT2D eigenvalue weighted by Crippen LogP contribution is -2.40. The van der Waals surface area contributed by atoms with E-state index in [0.717, 1.165) is 31.6 Å². The number of thiocarbonyl (C=S) groups is 1. The minimum Gasteiger partial charge on any atom is -0.392 e. The van der Waals surface area contributed by atoms with E-state index in [9.17, 15) is 0 Å². The number of nitrogens with two attached hydrogens (primary N) is 1. The van der Waals surface area contributed by atoms with Gasteiger partial charge >= 0.3 is 0 Å². The lowest BCUT2D eigenvalue weighted by atomic mass is 10.2. The highest BCUT2D eigenvalue weighted by Crippen LogP contribution is 2.17. The molecule has 3 nitrogen and oxygen atoms in total. The van der Waals surface area contributed by atoms with E-state index in [1.807, 2.05) is 18.3 Å². The van der Waals surface area contributed by atoms with Gasteiger partial charge in [-0.3, -0.25) is 9.88 Å². The van der Waals surface area contributed by atoms with E-state index in [-0.39, 0.29) is 0 Å². The van der Waals surface area contributed by atoms with E-state index < -0.39 is 0 Å². The van der Waals surface area contributed by atoms with Crippen molar-refractivity contribution >= 4 is 17.2 Å². The van der Waals surface area contributed by atoms with Crippen LogP contribution in [0.1, 0.15) is 18.5 Å². The maximum Gasteiger partial charge on any atom is 0.0902 e. The first-order valence-electron chi connectivity index (χ1n) is 5.70. The number of rotatable bonds is 4. The quantitative estimate of drug-likeness (QED) is 0.801. The molecule has 1 atom stereocenters. The normalized spacial score (nSPS) is 21.1. The Bertz CT molecular complexity index is 353. The van der Waals surface area contributed by atoms with E-state index in [0.29, 0.717) is 11.0 Å². The summed E-state index contributed by atoms with van der Waals surface area (Å²) in [6.45, 7) is 2.11. The average Bonchev–Trinajstić information content (AvgIpc) is 2.76. The second-order valence-corrected chi connectivity index (χ2v) is 4.64. The Morgan fingerprint density at radius 1 is 1.56 bits per heavy atom. The van der Waals surface area contributed by atoms with Crippen LogP contribution in [0.5, 0.6) is 0 Å². The smallest absolute Gasteiger partial charge is 0.0902 e. The predicted octanol–water partition coefficient (Wildman–Crippen LogP) is 1.37. The summed E-state index contributed by atoms with van der Waals surface area (Å²) in [5, 5.41) is 0. The van der Waals surface area contributed by atoms with Gasteiger partial charge in [-0.15, -0.1) is 0 Å². The van der Waals surface area contributed by atoms with Gasteiger partial charge in [0.1, 0.15) is 0 Å². The SMILES string of the molecule is NC(=S)C1CCCN1CCc1ccccn1. The number of pyridine rings is 1. The molecule has 0 saturated carbocycles. The lowest BCUT2D eigenvalue weighted by molar-refractivity contribution is 0.306. The summed E-state index contributed by atoms with van der Waals surface area (Å²) in [6, 6.07) is 6.33. The summed E-state index contributed by atoms with van der Waals surface area (Å²) >= 11 is 5.08. The fourth-order valence-corrected chi connectivity index (χ4v) is 2.49. The van der Waals surface area contributed by atoms with Crippen molar-refractivity contribution in [2.45, 2.75) is 25.3 Å². The van der Waals surface area contributed by atoms with Crippen molar-refractivity contribution in [1.29, 1.82) is 0 Å². The summed E-state index contributed by atoms with van der Waals surface area (Å²) in [4.78, 5) is 7.33. The Hall–Kier alpha value is -1.00. The summed E-state index contributed by atoms with van der Waals surface area (Å²) < 4.78 is 0. The molecular weight excluding hydrogens is 218 g/mol. The van der Waals surface area contributed by atoms with Crippen molar-refractivity contribution in [1.82, 2.24) is 9.88 Å². The molecule has 0 radical (unpaired) electrons. The van der Waals surface area contributed by atoms with Gasteiger partial charge in [0.25, 0.3) is 0 Å². The zero-order chi connectivity index (χ0) is 11.4. The van der Waals surface area contributed by atoms with Crippen LogP contribution in [0.2, 0.25) is 0 Å². The molecular formula is C12H17N3S. The van der Waals surface area contributed by atoms with Gasteiger partial charge in [0.2, 0.25) is 0 Å². The molecule has 0 aliphatic carbocycles. The first-order chi connectivity index (χ1) is 7.77. The van der Waals surface area contributed by atoms with Gasteiger partial charge in [-0.1, -0.05) is 18.3 Å². The van der Waals surface area contributed by atoms with Gasteiger partial charge in [-0.25, -0.2) is 0 Å². The maximum absolute atomic E-state index is 5.73. The second-order valence-electron chi connectivity index (χ2n) is 4.17. The number of hydrogen-bond acceptors (Lipinski definition) is 3. The molecule has 2 N–H and O–H groups in total. The van der Waals surface area contributed by atoms with E-state index in [4.69, 9.17) is 18.0 Å². The van der Waals surface area contributed by atoms with Crippen LogP contribution >= 0.6 is 12.2 Å². The molecule has 16 heavy (non-hydrogen) atoms. The van der Waals surface area contributed by atoms with Crippen LogP contribution in [0, 0.1) is 0 Å². The Labute approximate surface area is 102 Å². The zero-order valence-corrected chi connectivity index (χ0v) is 10.1. The molecule has 1 aromatic heterocycles. The summed E-state index contributed by atoms with van der Waals surface area (Å²) in [7, 11) is 0. The third-order valence-electron chi connectivity index (χ3n) is 3.07. The van der Waals surface area contributed by atoms with Gasteiger partial charge in [0.15, 0.2) is 0 Å². The number of likely N-dealkylation sites (tertiary alicyclic amines) is 1. The fourth-order valence-electron chi connectivity index (χ4n) is 2.22. The van der Waals surface area contributed by atoms with E-state index in [2.05, 4.69) is 16.0 Å². The van der Waals surface area contributed by atoms with Crippen molar-refractivity contribution < 1.29 is 0 Å². The van der Waals surface area contributed by atoms with Crippen LogP contribution in [0.25, 0.3) is 0 Å². The molecule has 4 heteroatoms. The number of nitrogens with zero attached hydrogens (tertiary/aromatic N) is 2. The third kappa shape index (κ3) is 2.77. The predicted molar refractivity (Wildman–Crippen MR) is 69.3 cm³/mol. The van der Waals surface area contributed by atoms with Crippen LogP contribution in [0.4, 0.5) is 0 Å². The van der Waals surface area contributed by atoms with E-state index in [1.165, 1.54) is 6.42 Å². The molecule has 0 aromatic carbocycles. The monoisotopic (exact) mass is 235 g/mol. The molecule has 0 spiro atoms. The molecule has 1 unspecified atom stereocenters. The molecule has 2 heterocycles.